The van der Waals surface area contributed by atoms with Crippen LogP contribution >= 0.6 is 0 Å². The average Bonchev–Trinajstić information content (AvgIpc) is 2.97. The molecule has 16 heavy (non-hydrogen) atoms. The molecule has 3 atom stereocenters. The molecule has 0 amide bonds. The second kappa shape index (κ2) is 4.21. The van der Waals surface area contributed by atoms with Crippen LogP contribution in [0.4, 0.5) is 0 Å². The Morgan fingerprint density at radius 1 is 1.31 bits per heavy atom. The smallest absolute Gasteiger partial charge is 0.0517 e. The van der Waals surface area contributed by atoms with Crippen LogP contribution in [0.1, 0.15) is 45.1 Å². The van der Waals surface area contributed by atoms with Gasteiger partial charge in [0, 0.05) is 0 Å². The van der Waals surface area contributed by atoms with Crippen molar-refractivity contribution >= 4 is 0 Å². The highest BCUT2D eigenvalue weighted by atomic mass is 16.3. The molecule has 1 heteroatoms. The van der Waals surface area contributed by atoms with Crippen LogP contribution in [-0.4, -0.2) is 11.2 Å². The summed E-state index contributed by atoms with van der Waals surface area (Å²) in [6.45, 7) is 6.46. The van der Waals surface area contributed by atoms with E-state index in [-0.39, 0.29) is 11.5 Å². The molecular formula is C15H22O. The van der Waals surface area contributed by atoms with Gasteiger partial charge in [0.25, 0.3) is 0 Å². The molecule has 0 heterocycles. The molecule has 1 aliphatic carbocycles. The Balaban J connectivity index is 2.01. The number of aliphatic hydroxyl groups is 1. The van der Waals surface area contributed by atoms with E-state index in [0.717, 1.165) is 18.3 Å². The quantitative estimate of drug-likeness (QED) is 0.819. The second-order valence-electron chi connectivity index (χ2n) is 5.90. The minimum absolute atomic E-state index is 0.188. The standard InChI is InChI=1S/C15H22O/c1-11(16)10-15(2,3)14-9-13(14)12-7-5-4-6-8-12/h4-8,11,13-14,16H,9-10H2,1-3H3. The van der Waals surface area contributed by atoms with E-state index in [1.54, 1.807) is 0 Å². The molecule has 1 aromatic carbocycles. The van der Waals surface area contributed by atoms with Gasteiger partial charge in [0.05, 0.1) is 6.10 Å². The summed E-state index contributed by atoms with van der Waals surface area (Å²) >= 11 is 0. The number of hydrogen-bond acceptors (Lipinski definition) is 1. The predicted molar refractivity (Wildman–Crippen MR) is 67.4 cm³/mol. The normalized spacial score (nSPS) is 26.5. The van der Waals surface area contributed by atoms with Gasteiger partial charge in [-0.15, -0.1) is 0 Å². The Morgan fingerprint density at radius 2 is 1.94 bits per heavy atom. The molecule has 1 fully saturated rings. The molecule has 0 aromatic heterocycles. The first kappa shape index (κ1) is 11.7. The van der Waals surface area contributed by atoms with E-state index in [4.69, 9.17) is 0 Å². The van der Waals surface area contributed by atoms with Crippen LogP contribution in [0, 0.1) is 11.3 Å². The lowest BCUT2D eigenvalue weighted by Gasteiger charge is -2.26. The lowest BCUT2D eigenvalue weighted by atomic mass is 9.80. The highest BCUT2D eigenvalue weighted by molar-refractivity contribution is 5.26. The molecule has 0 aliphatic heterocycles. The molecule has 1 nitrogen and oxygen atoms in total. The molecule has 0 radical (unpaired) electrons. The van der Waals surface area contributed by atoms with Crippen molar-refractivity contribution in [3.63, 3.8) is 0 Å². The summed E-state index contributed by atoms with van der Waals surface area (Å²) in [6, 6.07) is 10.8. The first-order valence-corrected chi connectivity index (χ1v) is 6.24. The van der Waals surface area contributed by atoms with Crippen LogP contribution < -0.4 is 0 Å². The van der Waals surface area contributed by atoms with E-state index in [9.17, 15) is 5.11 Å². The van der Waals surface area contributed by atoms with Crippen molar-refractivity contribution in [3.8, 4) is 0 Å². The van der Waals surface area contributed by atoms with Gasteiger partial charge in [-0.2, -0.15) is 0 Å². The number of hydrogen-bond donors (Lipinski definition) is 1. The SMILES string of the molecule is CC(O)CC(C)(C)C1CC1c1ccccc1. The largest absolute Gasteiger partial charge is 0.393 e. The maximum Gasteiger partial charge on any atom is 0.0517 e. The molecule has 1 saturated carbocycles. The van der Waals surface area contributed by atoms with Gasteiger partial charge in [0.15, 0.2) is 0 Å². The van der Waals surface area contributed by atoms with Crippen molar-refractivity contribution in [3.05, 3.63) is 35.9 Å². The van der Waals surface area contributed by atoms with Crippen LogP contribution in [0.15, 0.2) is 30.3 Å². The van der Waals surface area contributed by atoms with Gasteiger partial charge in [0.1, 0.15) is 0 Å². The molecular weight excluding hydrogens is 196 g/mol. The van der Waals surface area contributed by atoms with Gasteiger partial charge in [-0.25, -0.2) is 0 Å². The molecule has 1 N–H and O–H groups in total. The lowest BCUT2D eigenvalue weighted by molar-refractivity contribution is 0.116. The Labute approximate surface area is 98.5 Å². The van der Waals surface area contributed by atoms with Crippen molar-refractivity contribution in [1.29, 1.82) is 0 Å². The van der Waals surface area contributed by atoms with E-state index in [1.165, 1.54) is 12.0 Å². The first-order valence-electron chi connectivity index (χ1n) is 6.24. The monoisotopic (exact) mass is 218 g/mol. The molecule has 2 rings (SSSR count). The molecule has 3 unspecified atom stereocenters. The van der Waals surface area contributed by atoms with E-state index in [2.05, 4.69) is 44.2 Å². The van der Waals surface area contributed by atoms with Crippen LogP contribution in [0.3, 0.4) is 0 Å². The number of aliphatic hydroxyl groups excluding tert-OH is 1. The van der Waals surface area contributed by atoms with Crippen molar-refractivity contribution in [2.24, 2.45) is 11.3 Å². The Kier molecular flexibility index (Phi) is 3.07. The molecule has 1 aromatic rings. The fourth-order valence-electron chi connectivity index (χ4n) is 3.04. The third-order valence-electron chi connectivity index (χ3n) is 3.84. The summed E-state index contributed by atoms with van der Waals surface area (Å²) in [6.07, 6.45) is 2.00. The fourth-order valence-corrected chi connectivity index (χ4v) is 3.04. The molecule has 0 bridgehead atoms. The third-order valence-corrected chi connectivity index (χ3v) is 3.84. The lowest BCUT2D eigenvalue weighted by Crippen LogP contribution is -2.21. The maximum absolute atomic E-state index is 9.52. The van der Waals surface area contributed by atoms with Crippen LogP contribution in [0.5, 0.6) is 0 Å². The average molecular weight is 218 g/mol. The van der Waals surface area contributed by atoms with E-state index in [0.29, 0.717) is 0 Å². The van der Waals surface area contributed by atoms with Crippen molar-refractivity contribution < 1.29 is 5.11 Å². The van der Waals surface area contributed by atoms with Gasteiger partial charge < -0.3 is 5.11 Å². The summed E-state index contributed by atoms with van der Waals surface area (Å²) in [4.78, 5) is 0. The fraction of sp³-hybridized carbons (Fsp3) is 0.600. The zero-order valence-corrected chi connectivity index (χ0v) is 10.5. The summed E-state index contributed by atoms with van der Waals surface area (Å²) in [5.74, 6) is 1.46. The van der Waals surface area contributed by atoms with Gasteiger partial charge >= 0.3 is 0 Å². The zero-order chi connectivity index (χ0) is 11.8. The highest BCUT2D eigenvalue weighted by Gasteiger charge is 2.48. The van der Waals surface area contributed by atoms with Crippen LogP contribution in [0.25, 0.3) is 0 Å². The molecule has 0 saturated heterocycles. The van der Waals surface area contributed by atoms with E-state index < -0.39 is 0 Å². The second-order valence-corrected chi connectivity index (χ2v) is 5.90. The maximum atomic E-state index is 9.52. The van der Waals surface area contributed by atoms with Gasteiger partial charge in [-0.3, -0.25) is 0 Å². The summed E-state index contributed by atoms with van der Waals surface area (Å²) in [5.41, 5.74) is 1.72. The summed E-state index contributed by atoms with van der Waals surface area (Å²) < 4.78 is 0. The van der Waals surface area contributed by atoms with Crippen molar-refractivity contribution in [2.75, 3.05) is 0 Å². The van der Waals surface area contributed by atoms with Gasteiger partial charge in [0.2, 0.25) is 0 Å². The topological polar surface area (TPSA) is 20.2 Å². The minimum Gasteiger partial charge on any atom is -0.393 e. The van der Waals surface area contributed by atoms with E-state index >= 15 is 0 Å². The Morgan fingerprint density at radius 3 is 2.50 bits per heavy atom. The minimum atomic E-state index is -0.188. The van der Waals surface area contributed by atoms with E-state index in [1.807, 2.05) is 6.92 Å². The number of benzene rings is 1. The molecule has 0 spiro atoms. The zero-order valence-electron chi connectivity index (χ0n) is 10.5. The molecule has 88 valence electrons. The van der Waals surface area contributed by atoms with Crippen LogP contribution in [-0.2, 0) is 0 Å². The summed E-state index contributed by atoms with van der Waals surface area (Å²) in [7, 11) is 0. The van der Waals surface area contributed by atoms with Crippen molar-refractivity contribution in [2.45, 2.75) is 45.6 Å². The first-order chi connectivity index (χ1) is 7.50. The highest BCUT2D eigenvalue weighted by Crippen LogP contribution is 2.58. The Bertz CT molecular complexity index is 340. The number of rotatable bonds is 4. The summed E-state index contributed by atoms with van der Waals surface area (Å²) in [5, 5.41) is 9.52. The predicted octanol–water partition coefficient (Wildman–Crippen LogP) is 3.59. The molecule has 1 aliphatic rings. The third kappa shape index (κ3) is 2.46. The van der Waals surface area contributed by atoms with Crippen LogP contribution in [0.2, 0.25) is 0 Å². The van der Waals surface area contributed by atoms with Gasteiger partial charge in [-0.05, 0) is 42.6 Å². The van der Waals surface area contributed by atoms with Gasteiger partial charge in [-0.1, -0.05) is 44.2 Å². The van der Waals surface area contributed by atoms with Crippen molar-refractivity contribution in [1.82, 2.24) is 0 Å². The Hall–Kier alpha value is -0.820.